The number of anilines is 1. The van der Waals surface area contributed by atoms with Crippen LogP contribution >= 0.6 is 12.2 Å². The maximum absolute atomic E-state index is 9.27. The third kappa shape index (κ3) is 12.9. The van der Waals surface area contributed by atoms with Gasteiger partial charge in [0.25, 0.3) is 0 Å². The number of hydrogen-bond acceptors (Lipinski definition) is 2. The average Bonchev–Trinajstić information content (AvgIpc) is 2.61. The van der Waals surface area contributed by atoms with Crippen LogP contribution in [-0.4, -0.2) is 10.1 Å². The summed E-state index contributed by atoms with van der Waals surface area (Å²) in [6, 6.07) is 7.06. The van der Waals surface area contributed by atoms with Crippen molar-refractivity contribution >= 4 is 22.9 Å². The summed E-state index contributed by atoms with van der Waals surface area (Å²) in [6.45, 7) is 2.28. The molecule has 0 fully saturated rings. The molecule has 0 spiro atoms. The molecule has 0 amide bonds. The SMILES string of the molecule is CCCCCCCCCCCCCCCC(=S)Nc1ccc(O)cc1. The Hall–Kier alpha value is -1.09. The molecule has 0 aliphatic heterocycles. The number of thiocarbonyl (C=S) groups is 1. The number of rotatable bonds is 15. The molecule has 3 heteroatoms. The van der Waals surface area contributed by atoms with Crippen molar-refractivity contribution in [1.29, 1.82) is 0 Å². The minimum absolute atomic E-state index is 0.285. The highest BCUT2D eigenvalue weighted by molar-refractivity contribution is 7.80. The highest BCUT2D eigenvalue weighted by atomic mass is 32.1. The third-order valence-corrected chi connectivity index (χ3v) is 4.96. The molecule has 0 aliphatic carbocycles. The lowest BCUT2D eigenvalue weighted by Gasteiger charge is -2.08. The first kappa shape index (κ1) is 22.0. The number of nitrogens with one attached hydrogen (secondary N) is 1. The number of unbranched alkanes of at least 4 members (excludes halogenated alkanes) is 12. The minimum Gasteiger partial charge on any atom is -0.508 e. The number of benzene rings is 1. The van der Waals surface area contributed by atoms with Crippen molar-refractivity contribution in [2.75, 3.05) is 5.32 Å². The van der Waals surface area contributed by atoms with Gasteiger partial charge in [-0.15, -0.1) is 0 Å². The molecule has 0 radical (unpaired) electrons. The van der Waals surface area contributed by atoms with Crippen molar-refractivity contribution in [3.8, 4) is 5.75 Å². The molecule has 1 rings (SSSR count). The molecule has 25 heavy (non-hydrogen) atoms. The first-order valence-corrected chi connectivity index (χ1v) is 10.7. The zero-order valence-electron chi connectivity index (χ0n) is 16.1. The predicted molar refractivity (Wildman–Crippen MR) is 115 cm³/mol. The maximum atomic E-state index is 9.27. The second kappa shape index (κ2) is 15.2. The number of phenolic OH excluding ortho intramolecular Hbond substituents is 1. The standard InChI is InChI=1S/C22H37NOS/c1-2-3-4-5-6-7-8-9-10-11-12-13-14-15-22(25)23-20-16-18-21(24)19-17-20/h16-19,24H,2-15H2,1H3,(H,23,25). The Morgan fingerprint density at radius 3 is 1.68 bits per heavy atom. The molecule has 142 valence electrons. The van der Waals surface area contributed by atoms with E-state index < -0.39 is 0 Å². The van der Waals surface area contributed by atoms with Crippen LogP contribution in [0.3, 0.4) is 0 Å². The molecule has 0 aliphatic rings. The number of phenols is 1. The van der Waals surface area contributed by atoms with Gasteiger partial charge in [-0.1, -0.05) is 96.2 Å². The second-order valence-corrected chi connectivity index (χ2v) is 7.58. The van der Waals surface area contributed by atoms with Gasteiger partial charge in [0.2, 0.25) is 0 Å². The third-order valence-electron chi connectivity index (χ3n) is 4.66. The van der Waals surface area contributed by atoms with Gasteiger partial charge in [-0.25, -0.2) is 0 Å². The van der Waals surface area contributed by atoms with Crippen molar-refractivity contribution in [2.45, 2.75) is 96.8 Å². The summed E-state index contributed by atoms with van der Waals surface area (Å²) in [5.74, 6) is 0.285. The minimum atomic E-state index is 0.285. The predicted octanol–water partition coefficient (Wildman–Crippen LogP) is 7.61. The van der Waals surface area contributed by atoms with Crippen molar-refractivity contribution in [2.24, 2.45) is 0 Å². The largest absolute Gasteiger partial charge is 0.508 e. The molecule has 0 aromatic heterocycles. The van der Waals surface area contributed by atoms with Crippen molar-refractivity contribution in [3.05, 3.63) is 24.3 Å². The average molecular weight is 364 g/mol. The molecule has 2 N–H and O–H groups in total. The van der Waals surface area contributed by atoms with Crippen LogP contribution in [0, 0.1) is 0 Å². The van der Waals surface area contributed by atoms with E-state index >= 15 is 0 Å². The molecule has 0 heterocycles. The molecule has 2 nitrogen and oxygen atoms in total. The second-order valence-electron chi connectivity index (χ2n) is 7.09. The molecular weight excluding hydrogens is 326 g/mol. The van der Waals surface area contributed by atoms with Gasteiger partial charge in [0.1, 0.15) is 5.75 Å². The van der Waals surface area contributed by atoms with Crippen LogP contribution in [0.4, 0.5) is 5.69 Å². The topological polar surface area (TPSA) is 32.3 Å². The Bertz CT molecular complexity index is 444. The Balaban J connectivity index is 1.85. The van der Waals surface area contributed by atoms with E-state index in [1.165, 1.54) is 83.5 Å². The van der Waals surface area contributed by atoms with Crippen LogP contribution in [0.25, 0.3) is 0 Å². The van der Waals surface area contributed by atoms with Gasteiger partial charge in [0.05, 0.1) is 4.99 Å². The van der Waals surface area contributed by atoms with Crippen LogP contribution in [0.5, 0.6) is 5.75 Å². The summed E-state index contributed by atoms with van der Waals surface area (Å²) in [5.41, 5.74) is 0.956. The summed E-state index contributed by atoms with van der Waals surface area (Å²) < 4.78 is 0. The van der Waals surface area contributed by atoms with Crippen LogP contribution in [-0.2, 0) is 0 Å². The summed E-state index contributed by atoms with van der Waals surface area (Å²) in [4.78, 5) is 0.897. The monoisotopic (exact) mass is 363 g/mol. The fourth-order valence-corrected chi connectivity index (χ4v) is 3.33. The summed E-state index contributed by atoms with van der Waals surface area (Å²) in [6.07, 6.45) is 18.8. The van der Waals surface area contributed by atoms with Crippen LogP contribution in [0.2, 0.25) is 0 Å². The first-order valence-electron chi connectivity index (χ1n) is 10.3. The summed E-state index contributed by atoms with van der Waals surface area (Å²) in [5, 5.41) is 12.5. The van der Waals surface area contributed by atoms with E-state index in [-0.39, 0.29) is 5.75 Å². The maximum Gasteiger partial charge on any atom is 0.115 e. The molecule has 0 bridgehead atoms. The van der Waals surface area contributed by atoms with Crippen LogP contribution in [0.15, 0.2) is 24.3 Å². The molecule has 0 saturated carbocycles. The fraction of sp³-hybridized carbons (Fsp3) is 0.682. The highest BCUT2D eigenvalue weighted by Crippen LogP contribution is 2.16. The first-order chi connectivity index (χ1) is 12.2. The Kier molecular flexibility index (Phi) is 13.3. The smallest absolute Gasteiger partial charge is 0.115 e. The summed E-state index contributed by atoms with van der Waals surface area (Å²) in [7, 11) is 0. The molecule has 1 aromatic carbocycles. The Morgan fingerprint density at radius 2 is 1.20 bits per heavy atom. The van der Waals surface area contributed by atoms with Gasteiger partial charge in [0.15, 0.2) is 0 Å². The van der Waals surface area contributed by atoms with E-state index in [1.807, 2.05) is 12.1 Å². The molecule has 0 unspecified atom stereocenters. The van der Waals surface area contributed by atoms with Gasteiger partial charge in [-0.2, -0.15) is 0 Å². The molecule has 1 aromatic rings. The lowest BCUT2D eigenvalue weighted by molar-refractivity contribution is 0.475. The van der Waals surface area contributed by atoms with Crippen molar-refractivity contribution < 1.29 is 5.11 Å². The highest BCUT2D eigenvalue weighted by Gasteiger charge is 1.99. The zero-order valence-corrected chi connectivity index (χ0v) is 16.9. The molecule has 0 atom stereocenters. The van der Waals surface area contributed by atoms with E-state index in [2.05, 4.69) is 12.2 Å². The number of aromatic hydroxyl groups is 1. The van der Waals surface area contributed by atoms with Crippen LogP contribution < -0.4 is 5.32 Å². The summed E-state index contributed by atoms with van der Waals surface area (Å²) >= 11 is 5.38. The van der Waals surface area contributed by atoms with Gasteiger partial charge >= 0.3 is 0 Å². The Morgan fingerprint density at radius 1 is 0.760 bits per heavy atom. The number of hydrogen-bond donors (Lipinski definition) is 2. The van der Waals surface area contributed by atoms with E-state index in [0.717, 1.165) is 17.1 Å². The fourth-order valence-electron chi connectivity index (χ4n) is 3.07. The Labute approximate surface area is 160 Å². The van der Waals surface area contributed by atoms with Crippen LogP contribution in [0.1, 0.15) is 96.8 Å². The lowest BCUT2D eigenvalue weighted by Crippen LogP contribution is -2.08. The van der Waals surface area contributed by atoms with E-state index in [9.17, 15) is 5.11 Å². The van der Waals surface area contributed by atoms with Gasteiger partial charge in [-0.05, 0) is 37.1 Å². The zero-order chi connectivity index (χ0) is 18.2. The lowest BCUT2D eigenvalue weighted by atomic mass is 10.0. The quantitative estimate of drug-likeness (QED) is 0.191. The van der Waals surface area contributed by atoms with Gasteiger partial charge in [0, 0.05) is 5.69 Å². The van der Waals surface area contributed by atoms with E-state index in [4.69, 9.17) is 12.2 Å². The van der Waals surface area contributed by atoms with Gasteiger partial charge in [-0.3, -0.25) is 0 Å². The molecule has 0 saturated heterocycles. The van der Waals surface area contributed by atoms with Crippen molar-refractivity contribution in [1.82, 2.24) is 0 Å². The molecular formula is C22H37NOS. The van der Waals surface area contributed by atoms with Crippen molar-refractivity contribution in [3.63, 3.8) is 0 Å². The van der Waals surface area contributed by atoms with Gasteiger partial charge < -0.3 is 10.4 Å². The normalized spacial score (nSPS) is 10.8. The van der Waals surface area contributed by atoms with E-state index in [0.29, 0.717) is 0 Å². The van der Waals surface area contributed by atoms with E-state index in [1.54, 1.807) is 12.1 Å².